The van der Waals surface area contributed by atoms with Crippen LogP contribution in [-0.2, 0) is 33.1 Å². The Morgan fingerprint density at radius 1 is 0.557 bits per heavy atom. The van der Waals surface area contributed by atoms with Crippen molar-refractivity contribution in [3.05, 3.63) is 241 Å². The number of halogens is 2. The lowest BCUT2D eigenvalue weighted by molar-refractivity contribution is 0.0962. The third kappa shape index (κ3) is 13.6. The smallest absolute Gasteiger partial charge is 0.255 e. The van der Waals surface area contributed by atoms with Crippen LogP contribution in [-0.4, -0.2) is 111 Å². The number of ketones is 1. The number of anilines is 2. The zero-order valence-corrected chi connectivity index (χ0v) is 55.9. The van der Waals surface area contributed by atoms with Crippen molar-refractivity contribution in [2.75, 3.05) is 56.4 Å². The van der Waals surface area contributed by atoms with E-state index in [9.17, 15) is 35.2 Å². The van der Waals surface area contributed by atoms with Crippen LogP contribution in [0.3, 0.4) is 0 Å². The molecule has 0 spiro atoms. The molecule has 0 unspecified atom stereocenters. The minimum absolute atomic E-state index is 0.144. The van der Waals surface area contributed by atoms with Gasteiger partial charge in [-0.3, -0.25) is 18.2 Å². The number of hydrogen-bond donors (Lipinski definition) is 4. The quantitative estimate of drug-likeness (QED) is 0.0627. The molecule has 0 radical (unpaired) electrons. The number of carbonyl (C=O) groups excluding carboxylic acids is 2. The van der Waals surface area contributed by atoms with E-state index in [-0.39, 0.29) is 29.4 Å². The molecule has 97 heavy (non-hydrogen) atoms. The van der Waals surface area contributed by atoms with E-state index in [4.69, 9.17) is 8.83 Å². The monoisotopic (exact) mass is 1340 g/mol. The predicted molar refractivity (Wildman–Crippen MR) is 380 cm³/mol. The summed E-state index contributed by atoms with van der Waals surface area (Å²) in [6, 6.07) is 50.4. The van der Waals surface area contributed by atoms with Crippen molar-refractivity contribution >= 4 is 86.9 Å². The summed E-state index contributed by atoms with van der Waals surface area (Å²) < 4.78 is 96.0. The van der Waals surface area contributed by atoms with Gasteiger partial charge >= 0.3 is 0 Å². The highest BCUT2D eigenvalue weighted by Gasteiger charge is 2.29. The fraction of sp³-hybridized carbons (Fsp3) is 0.147. The number of benzene rings is 8. The molecular weight excluding hydrogens is 1270 g/mol. The maximum absolute atomic E-state index is 13.8. The van der Waals surface area contributed by atoms with Gasteiger partial charge in [0.2, 0.25) is 20.0 Å². The Bertz CT molecular complexity index is 5450. The molecule has 0 aliphatic carbocycles. The van der Waals surface area contributed by atoms with Gasteiger partial charge in [-0.25, -0.2) is 35.6 Å². The first kappa shape index (κ1) is 65.8. The number of carbonyl (C=O) groups is 2. The molecule has 8 aromatic carbocycles. The van der Waals surface area contributed by atoms with Crippen LogP contribution in [0.15, 0.2) is 216 Å². The summed E-state index contributed by atoms with van der Waals surface area (Å²) >= 11 is 0. The highest BCUT2D eigenvalue weighted by atomic mass is 32.2. The minimum atomic E-state index is -3.68. The lowest BCUT2D eigenvalue weighted by Gasteiger charge is -2.21. The maximum atomic E-state index is 13.8. The van der Waals surface area contributed by atoms with Gasteiger partial charge in [-0.1, -0.05) is 79.7 Å². The van der Waals surface area contributed by atoms with E-state index in [0.717, 1.165) is 79.1 Å². The summed E-state index contributed by atoms with van der Waals surface area (Å²) in [6.45, 7) is 3.09. The van der Waals surface area contributed by atoms with E-state index in [1.807, 2.05) is 116 Å². The van der Waals surface area contributed by atoms with Gasteiger partial charge in [0.15, 0.2) is 5.78 Å². The molecular formula is C75H68F2N10O8S2. The Morgan fingerprint density at radius 3 is 1.48 bits per heavy atom. The molecule has 14 aromatic rings. The van der Waals surface area contributed by atoms with E-state index in [0.29, 0.717) is 80.0 Å². The topological polar surface area (TPSA) is 229 Å². The van der Waals surface area contributed by atoms with Crippen molar-refractivity contribution in [3.63, 3.8) is 0 Å². The number of aromatic amines is 3. The van der Waals surface area contributed by atoms with Crippen molar-refractivity contribution in [1.82, 2.24) is 39.7 Å². The SMILES string of the molecule is CCC(=O)c1c(-c2ccc(F)cc2)oc2cc(N(C)S(C)(=O)=O)c(-c3cccc(-c4[nH]c5ccccc5c4Cn4ccnc4)c3)cc12.CNC(=O)c1c(-c2ccc(F)cc2)oc2cc(N(C)S(C)(=O)=O)c(-c3cccc(-c4[nH]c5ccccc5c4CN(C)C)c3)cc12.c1c[nH]cn1. The Labute approximate surface area is 559 Å². The first-order chi connectivity index (χ1) is 46.6. The number of imidazole rings is 2. The summed E-state index contributed by atoms with van der Waals surface area (Å²) in [5, 5.41) is 5.95. The fourth-order valence-electron chi connectivity index (χ4n) is 12.0. The number of aromatic nitrogens is 6. The number of furan rings is 2. The number of rotatable bonds is 17. The van der Waals surface area contributed by atoms with E-state index in [1.54, 1.807) is 80.6 Å². The van der Waals surface area contributed by atoms with Gasteiger partial charge in [-0.05, 0) is 127 Å². The van der Waals surface area contributed by atoms with Crippen molar-refractivity contribution in [2.45, 2.75) is 26.4 Å². The summed E-state index contributed by atoms with van der Waals surface area (Å²) in [5.41, 5.74) is 13.9. The van der Waals surface area contributed by atoms with Crippen molar-refractivity contribution in [2.24, 2.45) is 0 Å². The lowest BCUT2D eigenvalue weighted by Crippen LogP contribution is -2.25. The second-order valence-corrected chi connectivity index (χ2v) is 27.6. The van der Waals surface area contributed by atoms with Crippen molar-refractivity contribution < 1.29 is 44.0 Å². The average Bonchev–Trinajstić information content (AvgIpc) is 1.66. The summed E-state index contributed by atoms with van der Waals surface area (Å²) in [5.74, 6) is -0.782. The molecule has 0 atom stereocenters. The molecule has 22 heteroatoms. The molecule has 0 aliphatic rings. The van der Waals surface area contributed by atoms with Gasteiger partial charge in [-0.15, -0.1) is 0 Å². The molecule has 6 heterocycles. The van der Waals surface area contributed by atoms with Crippen LogP contribution in [0.5, 0.6) is 0 Å². The summed E-state index contributed by atoms with van der Waals surface area (Å²) in [7, 11) is 1.20. The highest BCUT2D eigenvalue weighted by Crippen LogP contribution is 2.45. The lowest BCUT2D eigenvalue weighted by atomic mass is 9.95. The van der Waals surface area contributed by atoms with Gasteiger partial charge in [0, 0.05) is 131 Å². The molecule has 0 aliphatic heterocycles. The van der Waals surface area contributed by atoms with Crippen LogP contribution in [0.25, 0.3) is 111 Å². The fourth-order valence-corrected chi connectivity index (χ4v) is 13.0. The number of hydrogen-bond acceptors (Lipinski definition) is 11. The third-order valence-corrected chi connectivity index (χ3v) is 19.3. The molecule has 0 bridgehead atoms. The Morgan fingerprint density at radius 2 is 1.04 bits per heavy atom. The summed E-state index contributed by atoms with van der Waals surface area (Å²) in [6.07, 6.45) is 13.0. The van der Waals surface area contributed by atoms with Gasteiger partial charge in [-0.2, -0.15) is 0 Å². The van der Waals surface area contributed by atoms with Gasteiger partial charge in [0.05, 0.1) is 65.6 Å². The first-order valence-electron chi connectivity index (χ1n) is 30.9. The number of H-pyrrole nitrogens is 3. The van der Waals surface area contributed by atoms with Gasteiger partial charge in [0.1, 0.15) is 34.3 Å². The zero-order chi connectivity index (χ0) is 68.4. The van der Waals surface area contributed by atoms with Gasteiger partial charge in [0.25, 0.3) is 5.91 Å². The average molecular weight is 1340 g/mol. The van der Waals surface area contributed by atoms with E-state index < -0.39 is 31.7 Å². The second-order valence-electron chi connectivity index (χ2n) is 23.6. The molecule has 0 saturated heterocycles. The van der Waals surface area contributed by atoms with Crippen molar-refractivity contribution in [1.29, 1.82) is 0 Å². The molecule has 1 amide bonds. The predicted octanol–water partition coefficient (Wildman–Crippen LogP) is 15.6. The standard InChI is InChI=1S/C37H31FN4O4S.C35H33FN4O4S.C3H4N2/c1-4-33(43)35-29-19-28(32(41(2)47(3,44)45)20-34(29)46-37(35)23-12-14-26(38)15-13-23)24-8-7-9-25(18-24)36-30(21-42-17-16-39-22-42)27-10-5-6-11-31(27)40-36;1-37-35(41)32-27-18-26(30(40(4)45(5,42)43)19-31(27)44-34(32)21-13-15-24(36)16-14-21)22-9-8-10-23(17-22)33-28(20-39(2)3)25-11-6-7-12-29(25)38-33;1-2-5-3-4-1/h5-20,22,40H,4,21H2,1-3H3;6-19,38H,20H2,1-5H3,(H,37,41);1-3H,(H,4,5). The highest BCUT2D eigenvalue weighted by molar-refractivity contribution is 7.92. The number of amides is 1. The zero-order valence-electron chi connectivity index (χ0n) is 54.3. The first-order valence-corrected chi connectivity index (χ1v) is 34.6. The van der Waals surface area contributed by atoms with Crippen LogP contribution >= 0.6 is 0 Å². The molecule has 0 fully saturated rings. The van der Waals surface area contributed by atoms with Crippen LogP contribution in [0.4, 0.5) is 20.2 Å². The third-order valence-electron chi connectivity index (χ3n) is 16.9. The van der Waals surface area contributed by atoms with Crippen LogP contribution in [0, 0.1) is 11.6 Å². The Kier molecular flexibility index (Phi) is 18.5. The maximum Gasteiger partial charge on any atom is 0.255 e. The van der Waals surface area contributed by atoms with E-state index >= 15 is 0 Å². The Balaban J connectivity index is 0.000000172. The molecule has 4 N–H and O–H groups in total. The van der Waals surface area contributed by atoms with E-state index in [1.165, 1.54) is 54.0 Å². The number of Topliss-reactive ketones (excluding diaryl/α,β-unsaturated/α-hetero) is 1. The molecule has 14 rings (SSSR count). The van der Waals surface area contributed by atoms with Crippen molar-refractivity contribution in [3.8, 4) is 67.4 Å². The molecule has 0 saturated carbocycles. The number of sulfonamides is 2. The molecule has 6 aromatic heterocycles. The van der Waals surface area contributed by atoms with E-state index in [2.05, 4.69) is 47.3 Å². The van der Waals surface area contributed by atoms with Crippen LogP contribution in [0.1, 0.15) is 45.2 Å². The van der Waals surface area contributed by atoms with Gasteiger partial charge < -0.3 is 38.6 Å². The minimum Gasteiger partial charge on any atom is -0.455 e. The number of nitrogens with one attached hydrogen (secondary N) is 4. The number of para-hydroxylation sites is 2. The number of fused-ring (bicyclic) bond motifs is 4. The second kappa shape index (κ2) is 27.3. The Hall–Kier alpha value is -11.2. The van der Waals surface area contributed by atoms with Crippen LogP contribution < -0.4 is 13.9 Å². The largest absolute Gasteiger partial charge is 0.455 e. The molecule has 492 valence electrons. The normalized spacial score (nSPS) is 11.7. The summed E-state index contributed by atoms with van der Waals surface area (Å²) in [4.78, 5) is 46.6. The van der Waals surface area contributed by atoms with Crippen LogP contribution in [0.2, 0.25) is 0 Å². The number of nitrogens with zero attached hydrogens (tertiary/aromatic N) is 6. The molecule has 18 nitrogen and oxygen atoms in total.